The quantitative estimate of drug-likeness (QED) is 0.176. The van der Waals surface area contributed by atoms with Gasteiger partial charge in [-0.05, 0) is 40.2 Å². The minimum atomic E-state index is -0.308. The molecule has 0 aromatic heterocycles. The molecule has 1 aliphatic carbocycles. The normalized spacial score (nSPS) is 17.5. The molecule has 9 heteroatoms. The van der Waals surface area contributed by atoms with Crippen LogP contribution in [0.25, 0.3) is 0 Å². The van der Waals surface area contributed by atoms with Gasteiger partial charge in [0, 0.05) is 50.9 Å². The van der Waals surface area contributed by atoms with E-state index >= 15 is 0 Å². The van der Waals surface area contributed by atoms with Gasteiger partial charge in [-0.3, -0.25) is 14.4 Å². The fraction of sp³-hybridized carbons (Fsp3) is 0.900. The van der Waals surface area contributed by atoms with Gasteiger partial charge in [-0.25, -0.2) is 0 Å². The number of carbonyl (C=O) groups is 3. The molecule has 0 radical (unpaired) electrons. The largest absolute Gasteiger partial charge is 0.379 e. The minimum Gasteiger partial charge on any atom is -0.379 e. The summed E-state index contributed by atoms with van der Waals surface area (Å²) < 4.78 is 23.3. The van der Waals surface area contributed by atoms with Crippen LogP contribution in [0.3, 0.4) is 0 Å². The molecule has 0 aliphatic heterocycles. The Hall–Kier alpha value is -1.39. The number of Topliss-reactive ketones (excluding diaryl/α,β-unsaturated/α-hetero) is 2. The van der Waals surface area contributed by atoms with Crippen LogP contribution in [0.5, 0.6) is 0 Å². The van der Waals surface area contributed by atoms with Gasteiger partial charge in [0.25, 0.3) is 0 Å². The molecule has 0 aromatic carbocycles. The maximum Gasteiger partial charge on any atom is 0.225 e. The number of ether oxygens (including phenoxy) is 4. The molecule has 0 spiro atoms. The average Bonchev–Trinajstić information content (AvgIpc) is 2.86. The van der Waals surface area contributed by atoms with E-state index in [1.807, 2.05) is 27.7 Å². The molecule has 9 nitrogen and oxygen atoms in total. The summed E-state index contributed by atoms with van der Waals surface area (Å²) in [6, 6.07) is 0.237. The molecular formula is C30H56N2O7. The Balaban J connectivity index is 2.35. The van der Waals surface area contributed by atoms with Gasteiger partial charge in [-0.1, -0.05) is 27.7 Å². The lowest BCUT2D eigenvalue weighted by atomic mass is 9.92. The van der Waals surface area contributed by atoms with E-state index in [0.29, 0.717) is 38.7 Å². The molecule has 228 valence electrons. The predicted molar refractivity (Wildman–Crippen MR) is 153 cm³/mol. The molecular weight excluding hydrogens is 500 g/mol. The molecule has 1 aliphatic rings. The predicted octanol–water partition coefficient (Wildman–Crippen LogP) is 3.76. The highest BCUT2D eigenvalue weighted by atomic mass is 16.5. The van der Waals surface area contributed by atoms with E-state index in [4.69, 9.17) is 18.9 Å². The van der Waals surface area contributed by atoms with E-state index in [9.17, 15) is 14.4 Å². The number of hydrogen-bond acceptors (Lipinski definition) is 8. The van der Waals surface area contributed by atoms with Gasteiger partial charge in [0.15, 0.2) is 0 Å². The lowest BCUT2D eigenvalue weighted by Crippen LogP contribution is -2.44. The summed E-state index contributed by atoms with van der Waals surface area (Å²) >= 11 is 0. The molecule has 1 saturated carbocycles. The van der Waals surface area contributed by atoms with E-state index in [0.717, 1.165) is 32.4 Å². The van der Waals surface area contributed by atoms with Crippen LogP contribution >= 0.6 is 0 Å². The summed E-state index contributed by atoms with van der Waals surface area (Å²) in [4.78, 5) is 40.6. The third-order valence-corrected chi connectivity index (χ3v) is 7.45. The second-order valence-corrected chi connectivity index (χ2v) is 11.7. The molecule has 0 bridgehead atoms. The second kappa shape index (κ2) is 19.6. The van der Waals surface area contributed by atoms with Crippen LogP contribution in [0.4, 0.5) is 0 Å². The SMILES string of the molecule is CC(C)C(=O)CCOCC(COCCC(=O)C(C)C)N(C)C(=O)CCOC1CC(OCCCN(C)C(C)C)C1. The fourth-order valence-electron chi connectivity index (χ4n) is 3.94. The first-order chi connectivity index (χ1) is 18.4. The van der Waals surface area contributed by atoms with Crippen molar-refractivity contribution >= 4 is 17.5 Å². The fourth-order valence-corrected chi connectivity index (χ4v) is 3.94. The number of nitrogens with zero attached hydrogens (tertiary/aromatic N) is 2. The van der Waals surface area contributed by atoms with E-state index < -0.39 is 0 Å². The third-order valence-electron chi connectivity index (χ3n) is 7.45. The Kier molecular flexibility index (Phi) is 18.0. The maximum absolute atomic E-state index is 12.9. The van der Waals surface area contributed by atoms with Crippen molar-refractivity contribution in [1.29, 1.82) is 0 Å². The van der Waals surface area contributed by atoms with Crippen LogP contribution in [0.15, 0.2) is 0 Å². The molecule has 39 heavy (non-hydrogen) atoms. The van der Waals surface area contributed by atoms with Crippen LogP contribution in [-0.2, 0) is 33.3 Å². The summed E-state index contributed by atoms with van der Waals surface area (Å²) in [5.74, 6) is 0.206. The molecule has 1 fully saturated rings. The molecule has 1 rings (SSSR count). The first-order valence-electron chi connectivity index (χ1n) is 14.8. The zero-order valence-electron chi connectivity index (χ0n) is 25.9. The highest BCUT2D eigenvalue weighted by Gasteiger charge is 2.31. The second-order valence-electron chi connectivity index (χ2n) is 11.7. The molecule has 0 atom stereocenters. The van der Waals surface area contributed by atoms with Crippen molar-refractivity contribution < 1.29 is 33.3 Å². The van der Waals surface area contributed by atoms with E-state index in [1.165, 1.54) is 0 Å². The van der Waals surface area contributed by atoms with Gasteiger partial charge in [0.05, 0.1) is 57.7 Å². The van der Waals surface area contributed by atoms with Crippen molar-refractivity contribution in [1.82, 2.24) is 9.80 Å². The third kappa shape index (κ3) is 15.3. The van der Waals surface area contributed by atoms with Crippen molar-refractivity contribution in [2.75, 3.05) is 60.3 Å². The van der Waals surface area contributed by atoms with Crippen LogP contribution in [0.2, 0.25) is 0 Å². The smallest absolute Gasteiger partial charge is 0.225 e. The van der Waals surface area contributed by atoms with Crippen molar-refractivity contribution in [3.63, 3.8) is 0 Å². The number of carbonyl (C=O) groups excluding carboxylic acids is 3. The number of hydrogen-bond donors (Lipinski definition) is 0. The summed E-state index contributed by atoms with van der Waals surface area (Å²) in [7, 11) is 3.87. The van der Waals surface area contributed by atoms with Crippen molar-refractivity contribution in [3.05, 3.63) is 0 Å². The van der Waals surface area contributed by atoms with Gasteiger partial charge < -0.3 is 28.7 Å². The first-order valence-corrected chi connectivity index (χ1v) is 14.8. The number of ketones is 2. The molecule has 0 heterocycles. The number of rotatable bonds is 23. The minimum absolute atomic E-state index is 0.0234. The van der Waals surface area contributed by atoms with Crippen LogP contribution in [-0.4, -0.2) is 112 Å². The Bertz CT molecular complexity index is 679. The van der Waals surface area contributed by atoms with E-state index in [2.05, 4.69) is 25.8 Å². The lowest BCUT2D eigenvalue weighted by molar-refractivity contribution is -0.140. The van der Waals surface area contributed by atoms with E-state index in [1.54, 1.807) is 11.9 Å². The maximum atomic E-state index is 12.9. The van der Waals surface area contributed by atoms with Crippen molar-refractivity contribution in [3.8, 4) is 0 Å². The lowest BCUT2D eigenvalue weighted by Gasteiger charge is -2.35. The standard InChI is InChI=1S/C30H56N2O7/c1-22(2)28(33)10-15-36-20-25(21-37-16-11-29(34)23(3)4)32(8)30(35)12-17-39-27-18-26(19-27)38-14-9-13-31(7)24(5)6/h22-27H,9-21H2,1-8H3. The van der Waals surface area contributed by atoms with Crippen LogP contribution in [0, 0.1) is 11.8 Å². The molecule has 0 N–H and O–H groups in total. The molecule has 1 amide bonds. The van der Waals surface area contributed by atoms with Crippen LogP contribution < -0.4 is 0 Å². The zero-order valence-corrected chi connectivity index (χ0v) is 25.9. The molecule has 0 saturated heterocycles. The topological polar surface area (TPSA) is 94.6 Å². The van der Waals surface area contributed by atoms with Gasteiger partial charge in [0.1, 0.15) is 11.6 Å². The Morgan fingerprint density at radius 3 is 1.67 bits per heavy atom. The van der Waals surface area contributed by atoms with Crippen molar-refractivity contribution in [2.24, 2.45) is 11.8 Å². The zero-order chi connectivity index (χ0) is 29.4. The van der Waals surface area contributed by atoms with Crippen LogP contribution in [0.1, 0.15) is 80.1 Å². The van der Waals surface area contributed by atoms with Crippen molar-refractivity contribution in [2.45, 2.75) is 104 Å². The highest BCUT2D eigenvalue weighted by molar-refractivity contribution is 5.80. The molecule has 0 aromatic rings. The summed E-state index contributed by atoms with van der Waals surface area (Å²) in [5.41, 5.74) is 0. The Morgan fingerprint density at radius 1 is 0.718 bits per heavy atom. The van der Waals surface area contributed by atoms with Gasteiger partial charge >= 0.3 is 0 Å². The number of likely N-dealkylation sites (N-methyl/N-ethyl adjacent to an activating group) is 1. The van der Waals surface area contributed by atoms with E-state index in [-0.39, 0.29) is 67.2 Å². The monoisotopic (exact) mass is 556 g/mol. The Labute approximate surface area is 237 Å². The first kappa shape index (κ1) is 35.6. The molecule has 0 unspecified atom stereocenters. The average molecular weight is 557 g/mol. The Morgan fingerprint density at radius 2 is 1.21 bits per heavy atom. The summed E-state index contributed by atoms with van der Waals surface area (Å²) in [5, 5.41) is 0. The summed E-state index contributed by atoms with van der Waals surface area (Å²) in [6.45, 7) is 15.2. The van der Waals surface area contributed by atoms with Gasteiger partial charge in [-0.15, -0.1) is 0 Å². The van der Waals surface area contributed by atoms with Gasteiger partial charge in [-0.2, -0.15) is 0 Å². The van der Waals surface area contributed by atoms with Gasteiger partial charge in [0.2, 0.25) is 5.91 Å². The highest BCUT2D eigenvalue weighted by Crippen LogP contribution is 2.26. The summed E-state index contributed by atoms with van der Waals surface area (Å²) in [6.07, 6.45) is 4.13. The number of amides is 1.